The Kier molecular flexibility index (Phi) is 4.23. The molecule has 0 saturated heterocycles. The molecule has 0 amide bonds. The highest BCUT2D eigenvalue weighted by molar-refractivity contribution is 5.33. The van der Waals surface area contributed by atoms with Crippen LogP contribution in [0.2, 0.25) is 0 Å². The van der Waals surface area contributed by atoms with Crippen molar-refractivity contribution in [3.8, 4) is 12.3 Å². The normalized spacial score (nSPS) is 20.4. The molecule has 0 heterocycles. The second kappa shape index (κ2) is 5.89. The van der Waals surface area contributed by atoms with E-state index in [1.165, 1.54) is 17.5 Å². The number of fused-ring (bicyclic) bond motifs is 1. The molecule has 1 aromatic carbocycles. The zero-order chi connectivity index (χ0) is 12.1. The maximum atomic E-state index is 10.3. The lowest BCUT2D eigenvalue weighted by atomic mass is 9.78. The molecule has 1 aliphatic carbocycles. The molecule has 2 rings (SSSR count). The van der Waals surface area contributed by atoms with Crippen LogP contribution in [0.3, 0.4) is 0 Å². The van der Waals surface area contributed by atoms with Gasteiger partial charge in [0.15, 0.2) is 0 Å². The van der Waals surface area contributed by atoms with E-state index in [0.717, 1.165) is 32.1 Å². The molecule has 17 heavy (non-hydrogen) atoms. The summed E-state index contributed by atoms with van der Waals surface area (Å²) < 4.78 is 0. The Labute approximate surface area is 104 Å². The predicted molar refractivity (Wildman–Crippen MR) is 70.8 cm³/mol. The number of terminal acetylenes is 1. The van der Waals surface area contributed by atoms with Crippen LogP contribution in [-0.2, 0) is 6.42 Å². The topological polar surface area (TPSA) is 20.2 Å². The highest BCUT2D eigenvalue weighted by Gasteiger charge is 2.25. The maximum Gasteiger partial charge on any atom is 0.0609 e. The van der Waals surface area contributed by atoms with Crippen molar-refractivity contribution < 1.29 is 5.11 Å². The second-order valence-corrected chi connectivity index (χ2v) is 4.86. The smallest absolute Gasteiger partial charge is 0.0609 e. The molecule has 1 aliphatic rings. The van der Waals surface area contributed by atoms with E-state index in [0.29, 0.717) is 5.92 Å². The Morgan fingerprint density at radius 3 is 3.06 bits per heavy atom. The zero-order valence-electron chi connectivity index (χ0n) is 10.2. The minimum Gasteiger partial charge on any atom is -0.392 e. The lowest BCUT2D eigenvalue weighted by molar-refractivity contribution is 0.123. The average Bonchev–Trinajstić information content (AvgIpc) is 2.38. The lowest BCUT2D eigenvalue weighted by Gasteiger charge is -2.29. The monoisotopic (exact) mass is 228 g/mol. The summed E-state index contributed by atoms with van der Waals surface area (Å²) in [6.45, 7) is 0. The Morgan fingerprint density at radius 2 is 2.24 bits per heavy atom. The van der Waals surface area contributed by atoms with Gasteiger partial charge in [0.05, 0.1) is 6.10 Å². The molecule has 2 atom stereocenters. The van der Waals surface area contributed by atoms with Gasteiger partial charge in [-0.1, -0.05) is 24.3 Å². The van der Waals surface area contributed by atoms with Gasteiger partial charge in [-0.3, -0.25) is 0 Å². The molecule has 1 N–H and O–H groups in total. The first-order valence-electron chi connectivity index (χ1n) is 6.52. The van der Waals surface area contributed by atoms with Crippen molar-refractivity contribution in [3.05, 3.63) is 35.4 Å². The van der Waals surface area contributed by atoms with Crippen molar-refractivity contribution in [2.45, 2.75) is 50.5 Å². The molecule has 0 fully saturated rings. The largest absolute Gasteiger partial charge is 0.392 e. The van der Waals surface area contributed by atoms with Crippen LogP contribution in [0.1, 0.15) is 49.1 Å². The van der Waals surface area contributed by atoms with Crippen LogP contribution in [-0.4, -0.2) is 11.2 Å². The molecule has 0 aromatic heterocycles. The van der Waals surface area contributed by atoms with Gasteiger partial charge < -0.3 is 5.11 Å². The summed E-state index contributed by atoms with van der Waals surface area (Å²) in [4.78, 5) is 0. The Hall–Kier alpha value is -1.26. The molecule has 0 bridgehead atoms. The first kappa shape index (κ1) is 12.2. The van der Waals surface area contributed by atoms with Crippen LogP contribution in [0.5, 0.6) is 0 Å². The van der Waals surface area contributed by atoms with E-state index < -0.39 is 0 Å². The number of hydrogen-bond acceptors (Lipinski definition) is 1. The summed E-state index contributed by atoms with van der Waals surface area (Å²) in [5.74, 6) is 2.95. The van der Waals surface area contributed by atoms with Crippen molar-refractivity contribution in [3.63, 3.8) is 0 Å². The standard InChI is InChI=1S/C16H20O/c1-2-3-4-12-16(17)15-11-7-9-13-8-5-6-10-14(13)15/h1,5-6,8,10,15-17H,3-4,7,9,11-12H2. The Morgan fingerprint density at radius 1 is 1.41 bits per heavy atom. The van der Waals surface area contributed by atoms with Gasteiger partial charge in [-0.15, -0.1) is 12.3 Å². The molecular weight excluding hydrogens is 208 g/mol. The van der Waals surface area contributed by atoms with Gasteiger partial charge in [0.2, 0.25) is 0 Å². The quantitative estimate of drug-likeness (QED) is 0.619. The number of rotatable bonds is 4. The van der Waals surface area contributed by atoms with Crippen molar-refractivity contribution in [1.29, 1.82) is 0 Å². The molecule has 1 nitrogen and oxygen atoms in total. The summed E-state index contributed by atoms with van der Waals surface area (Å²) in [6.07, 6.45) is 11.0. The van der Waals surface area contributed by atoms with Crippen LogP contribution < -0.4 is 0 Å². The number of aliphatic hydroxyl groups is 1. The van der Waals surface area contributed by atoms with E-state index in [9.17, 15) is 5.11 Å². The Bertz CT molecular complexity index is 402. The first-order valence-corrected chi connectivity index (χ1v) is 6.52. The maximum absolute atomic E-state index is 10.3. The summed E-state index contributed by atoms with van der Waals surface area (Å²) >= 11 is 0. The van der Waals surface area contributed by atoms with E-state index >= 15 is 0 Å². The SMILES string of the molecule is C#CCCCC(O)C1CCCc2ccccc21. The zero-order valence-corrected chi connectivity index (χ0v) is 10.2. The van der Waals surface area contributed by atoms with Crippen LogP contribution in [0.15, 0.2) is 24.3 Å². The van der Waals surface area contributed by atoms with E-state index in [-0.39, 0.29) is 6.10 Å². The number of aryl methyl sites for hydroxylation is 1. The molecule has 0 spiro atoms. The van der Waals surface area contributed by atoms with Gasteiger partial charge in [-0.2, -0.15) is 0 Å². The molecule has 0 saturated carbocycles. The molecular formula is C16H20O. The molecule has 1 aromatic rings. The molecule has 1 heteroatoms. The first-order chi connectivity index (χ1) is 8.33. The van der Waals surface area contributed by atoms with Gasteiger partial charge in [0.25, 0.3) is 0 Å². The van der Waals surface area contributed by atoms with E-state index in [2.05, 4.69) is 30.2 Å². The fourth-order valence-corrected chi connectivity index (χ4v) is 2.81. The minimum atomic E-state index is -0.232. The van der Waals surface area contributed by atoms with Gasteiger partial charge in [-0.25, -0.2) is 0 Å². The summed E-state index contributed by atoms with van der Waals surface area (Å²) in [5.41, 5.74) is 2.77. The summed E-state index contributed by atoms with van der Waals surface area (Å²) in [7, 11) is 0. The third kappa shape index (κ3) is 2.90. The fourth-order valence-electron chi connectivity index (χ4n) is 2.81. The second-order valence-electron chi connectivity index (χ2n) is 4.86. The van der Waals surface area contributed by atoms with Gasteiger partial charge in [0, 0.05) is 12.3 Å². The Balaban J connectivity index is 2.05. The highest BCUT2D eigenvalue weighted by Crippen LogP contribution is 2.35. The predicted octanol–water partition coefficient (Wildman–Crippen LogP) is 3.27. The highest BCUT2D eigenvalue weighted by atomic mass is 16.3. The van der Waals surface area contributed by atoms with Crippen LogP contribution in [0.4, 0.5) is 0 Å². The third-order valence-electron chi connectivity index (χ3n) is 3.70. The van der Waals surface area contributed by atoms with Crippen LogP contribution in [0, 0.1) is 12.3 Å². The van der Waals surface area contributed by atoms with Crippen molar-refractivity contribution in [2.75, 3.05) is 0 Å². The minimum absolute atomic E-state index is 0.232. The van der Waals surface area contributed by atoms with E-state index in [4.69, 9.17) is 6.42 Å². The van der Waals surface area contributed by atoms with E-state index in [1.54, 1.807) is 0 Å². The third-order valence-corrected chi connectivity index (χ3v) is 3.70. The summed E-state index contributed by atoms with van der Waals surface area (Å²) in [6, 6.07) is 8.52. The van der Waals surface area contributed by atoms with Crippen LogP contribution in [0.25, 0.3) is 0 Å². The van der Waals surface area contributed by atoms with Crippen LogP contribution >= 0.6 is 0 Å². The number of aliphatic hydroxyl groups excluding tert-OH is 1. The molecule has 0 radical (unpaired) electrons. The van der Waals surface area contributed by atoms with Gasteiger partial charge >= 0.3 is 0 Å². The van der Waals surface area contributed by atoms with Crippen molar-refractivity contribution in [1.82, 2.24) is 0 Å². The van der Waals surface area contributed by atoms with Crippen molar-refractivity contribution in [2.24, 2.45) is 0 Å². The van der Waals surface area contributed by atoms with E-state index in [1.807, 2.05) is 0 Å². The molecule has 2 unspecified atom stereocenters. The number of unbranched alkanes of at least 4 members (excludes halogenated alkanes) is 1. The number of hydrogen-bond donors (Lipinski definition) is 1. The van der Waals surface area contributed by atoms with Gasteiger partial charge in [0.1, 0.15) is 0 Å². The fraction of sp³-hybridized carbons (Fsp3) is 0.500. The van der Waals surface area contributed by atoms with Gasteiger partial charge in [-0.05, 0) is 43.2 Å². The molecule has 0 aliphatic heterocycles. The number of benzene rings is 1. The average molecular weight is 228 g/mol. The lowest BCUT2D eigenvalue weighted by Crippen LogP contribution is -2.22. The molecule has 90 valence electrons. The summed E-state index contributed by atoms with van der Waals surface area (Å²) in [5, 5.41) is 10.3. The van der Waals surface area contributed by atoms with Crippen molar-refractivity contribution >= 4 is 0 Å².